The summed E-state index contributed by atoms with van der Waals surface area (Å²) in [7, 11) is 0. The topological polar surface area (TPSA) is 93.4 Å². The summed E-state index contributed by atoms with van der Waals surface area (Å²) in [4.78, 5) is 24.2. The van der Waals surface area contributed by atoms with E-state index in [0.717, 1.165) is 0 Å². The molecule has 6 nitrogen and oxygen atoms in total. The van der Waals surface area contributed by atoms with Crippen LogP contribution < -0.4 is 5.32 Å². The Balaban J connectivity index is 1.94. The minimum atomic E-state index is -0.867. The molecule has 0 radical (unpaired) electrons. The number of hydrogen-bond acceptors (Lipinski definition) is 3. The number of carboxylic acids is 1. The fraction of sp³-hybridized carbons (Fsp3) is 0.308. The summed E-state index contributed by atoms with van der Waals surface area (Å²) in [6, 6.07) is 8.18. The largest absolute Gasteiger partial charge is 0.481 e. The zero-order valence-corrected chi connectivity index (χ0v) is 10.2. The van der Waals surface area contributed by atoms with Crippen LogP contribution in [0.4, 0.5) is 10.5 Å². The Hall–Kier alpha value is -2.55. The van der Waals surface area contributed by atoms with Crippen LogP contribution in [0.3, 0.4) is 0 Å². The van der Waals surface area contributed by atoms with E-state index in [1.165, 1.54) is 4.90 Å². The molecular weight excluding hydrogens is 246 g/mol. The number of rotatable bonds is 2. The highest BCUT2D eigenvalue weighted by molar-refractivity contribution is 5.90. The molecule has 0 bridgehead atoms. The van der Waals surface area contributed by atoms with Crippen molar-refractivity contribution in [3.8, 4) is 6.07 Å². The monoisotopic (exact) mass is 259 g/mol. The van der Waals surface area contributed by atoms with Gasteiger partial charge in [-0.05, 0) is 30.7 Å². The number of hydrogen-bond donors (Lipinski definition) is 2. The Bertz CT molecular complexity index is 533. The molecule has 1 aromatic carbocycles. The molecule has 0 aromatic heterocycles. The van der Waals surface area contributed by atoms with E-state index in [2.05, 4.69) is 5.32 Å². The van der Waals surface area contributed by atoms with Crippen LogP contribution in [-0.2, 0) is 4.79 Å². The van der Waals surface area contributed by atoms with Gasteiger partial charge in [-0.3, -0.25) is 4.79 Å². The van der Waals surface area contributed by atoms with Crippen LogP contribution in [-0.4, -0.2) is 35.1 Å². The van der Waals surface area contributed by atoms with Gasteiger partial charge >= 0.3 is 12.0 Å². The van der Waals surface area contributed by atoms with Crippen LogP contribution in [0.1, 0.15) is 12.0 Å². The Kier molecular flexibility index (Phi) is 3.66. The van der Waals surface area contributed by atoms with Crippen molar-refractivity contribution in [2.45, 2.75) is 6.42 Å². The van der Waals surface area contributed by atoms with Gasteiger partial charge in [0.1, 0.15) is 0 Å². The number of carbonyl (C=O) groups is 2. The second-order valence-corrected chi connectivity index (χ2v) is 4.39. The third kappa shape index (κ3) is 3.01. The summed E-state index contributed by atoms with van der Waals surface area (Å²) >= 11 is 0. The number of nitriles is 1. The van der Waals surface area contributed by atoms with Crippen LogP contribution in [0, 0.1) is 17.2 Å². The quantitative estimate of drug-likeness (QED) is 0.841. The molecule has 6 heteroatoms. The minimum absolute atomic E-state index is 0.234. The second-order valence-electron chi connectivity index (χ2n) is 4.39. The molecule has 1 fully saturated rings. The number of urea groups is 1. The maximum Gasteiger partial charge on any atom is 0.321 e. The lowest BCUT2D eigenvalue weighted by Gasteiger charge is -2.16. The average Bonchev–Trinajstić information content (AvgIpc) is 2.89. The van der Waals surface area contributed by atoms with Crippen molar-refractivity contribution in [1.29, 1.82) is 5.26 Å². The minimum Gasteiger partial charge on any atom is -0.481 e. The normalized spacial score (nSPS) is 17.8. The molecule has 1 aliphatic heterocycles. The smallest absolute Gasteiger partial charge is 0.321 e. The second kappa shape index (κ2) is 5.40. The van der Waals surface area contributed by atoms with E-state index < -0.39 is 11.9 Å². The number of anilines is 1. The van der Waals surface area contributed by atoms with Gasteiger partial charge in [0.25, 0.3) is 0 Å². The van der Waals surface area contributed by atoms with Crippen molar-refractivity contribution in [2.75, 3.05) is 18.4 Å². The molecule has 1 aliphatic rings. The first-order valence-electron chi connectivity index (χ1n) is 5.89. The molecule has 1 aromatic rings. The van der Waals surface area contributed by atoms with Crippen molar-refractivity contribution in [2.24, 2.45) is 5.92 Å². The molecule has 98 valence electrons. The predicted octanol–water partition coefficient (Wildman–Crippen LogP) is 1.50. The molecule has 2 rings (SSSR count). The average molecular weight is 259 g/mol. The van der Waals surface area contributed by atoms with E-state index >= 15 is 0 Å². The van der Waals surface area contributed by atoms with Gasteiger partial charge in [-0.1, -0.05) is 0 Å². The molecule has 1 atom stereocenters. The molecule has 0 aliphatic carbocycles. The summed E-state index contributed by atoms with van der Waals surface area (Å²) in [6.07, 6.45) is 0.482. The van der Waals surface area contributed by atoms with Gasteiger partial charge in [-0.25, -0.2) is 4.79 Å². The number of nitrogens with one attached hydrogen (secondary N) is 1. The number of benzene rings is 1. The third-order valence-corrected chi connectivity index (χ3v) is 3.09. The summed E-state index contributed by atoms with van der Waals surface area (Å²) in [6.45, 7) is 0.677. The van der Waals surface area contributed by atoms with Crippen molar-refractivity contribution < 1.29 is 14.7 Å². The third-order valence-electron chi connectivity index (χ3n) is 3.09. The highest BCUT2D eigenvalue weighted by atomic mass is 16.4. The summed E-state index contributed by atoms with van der Waals surface area (Å²) < 4.78 is 0. The van der Waals surface area contributed by atoms with Crippen LogP contribution in [0.5, 0.6) is 0 Å². The van der Waals surface area contributed by atoms with Gasteiger partial charge in [-0.15, -0.1) is 0 Å². The maximum absolute atomic E-state index is 11.9. The summed E-state index contributed by atoms with van der Waals surface area (Å²) in [5.74, 6) is -1.35. The molecule has 1 saturated heterocycles. The lowest BCUT2D eigenvalue weighted by Crippen LogP contribution is -2.33. The van der Waals surface area contributed by atoms with E-state index in [-0.39, 0.29) is 12.6 Å². The van der Waals surface area contributed by atoms with Crippen molar-refractivity contribution >= 4 is 17.7 Å². The summed E-state index contributed by atoms with van der Waals surface area (Å²) in [5.41, 5.74) is 1.10. The van der Waals surface area contributed by atoms with E-state index in [4.69, 9.17) is 10.4 Å². The first-order valence-corrected chi connectivity index (χ1v) is 5.89. The zero-order valence-electron chi connectivity index (χ0n) is 10.2. The van der Waals surface area contributed by atoms with E-state index in [1.54, 1.807) is 24.3 Å². The Morgan fingerprint density at radius 2 is 2.05 bits per heavy atom. The van der Waals surface area contributed by atoms with Gasteiger partial charge in [-0.2, -0.15) is 5.26 Å². The van der Waals surface area contributed by atoms with Gasteiger partial charge in [0.15, 0.2) is 0 Å². The van der Waals surface area contributed by atoms with Crippen molar-refractivity contribution in [1.82, 2.24) is 4.90 Å². The van der Waals surface area contributed by atoms with E-state index in [9.17, 15) is 9.59 Å². The number of amides is 2. The van der Waals surface area contributed by atoms with Gasteiger partial charge in [0.2, 0.25) is 0 Å². The molecule has 1 unspecified atom stereocenters. The number of carboxylic acid groups (broad SMARTS) is 1. The lowest BCUT2D eigenvalue weighted by molar-refractivity contribution is -0.141. The Morgan fingerprint density at radius 1 is 1.37 bits per heavy atom. The molecule has 19 heavy (non-hydrogen) atoms. The first kappa shape index (κ1) is 12.9. The van der Waals surface area contributed by atoms with Crippen molar-refractivity contribution in [3.05, 3.63) is 29.8 Å². The Labute approximate surface area is 110 Å². The fourth-order valence-corrected chi connectivity index (χ4v) is 1.98. The number of nitrogens with zero attached hydrogens (tertiary/aromatic N) is 2. The molecule has 1 heterocycles. The van der Waals surface area contributed by atoms with Gasteiger partial charge in [0, 0.05) is 18.8 Å². The SMILES string of the molecule is N#Cc1ccc(NC(=O)N2CCC(C(=O)O)C2)cc1. The highest BCUT2D eigenvalue weighted by Crippen LogP contribution is 2.18. The van der Waals surface area contributed by atoms with E-state index in [1.807, 2.05) is 6.07 Å². The van der Waals surface area contributed by atoms with Crippen molar-refractivity contribution in [3.63, 3.8) is 0 Å². The van der Waals surface area contributed by atoms with Crippen LogP contribution >= 0.6 is 0 Å². The predicted molar refractivity (Wildman–Crippen MR) is 67.5 cm³/mol. The molecule has 0 saturated carbocycles. The first-order chi connectivity index (χ1) is 9.10. The van der Waals surface area contributed by atoms with Crippen LogP contribution in [0.2, 0.25) is 0 Å². The molecule has 0 spiro atoms. The van der Waals surface area contributed by atoms with Gasteiger partial charge < -0.3 is 15.3 Å². The fourth-order valence-electron chi connectivity index (χ4n) is 1.98. The highest BCUT2D eigenvalue weighted by Gasteiger charge is 2.30. The zero-order chi connectivity index (χ0) is 13.8. The molecular formula is C13H13N3O3. The number of aliphatic carboxylic acids is 1. The number of likely N-dealkylation sites (tertiary alicyclic amines) is 1. The maximum atomic E-state index is 11.9. The molecule has 2 amide bonds. The standard InChI is InChI=1S/C13H13N3O3/c14-7-9-1-3-11(4-2-9)15-13(19)16-6-5-10(8-16)12(17)18/h1-4,10H,5-6,8H2,(H,15,19)(H,17,18). The summed E-state index contributed by atoms with van der Waals surface area (Å²) in [5, 5.41) is 20.2. The van der Waals surface area contributed by atoms with Crippen LogP contribution in [0.15, 0.2) is 24.3 Å². The number of carbonyl (C=O) groups excluding carboxylic acids is 1. The van der Waals surface area contributed by atoms with E-state index in [0.29, 0.717) is 24.2 Å². The Morgan fingerprint density at radius 3 is 2.58 bits per heavy atom. The lowest BCUT2D eigenvalue weighted by atomic mass is 10.1. The van der Waals surface area contributed by atoms with Gasteiger partial charge in [0.05, 0.1) is 17.6 Å². The van der Waals surface area contributed by atoms with Crippen LogP contribution in [0.25, 0.3) is 0 Å². The molecule has 2 N–H and O–H groups in total.